The summed E-state index contributed by atoms with van der Waals surface area (Å²) in [6.07, 6.45) is 6.09. The molecule has 0 unspecified atom stereocenters. The topological polar surface area (TPSA) is 168 Å². The van der Waals surface area contributed by atoms with E-state index in [4.69, 9.17) is 9.98 Å². The highest BCUT2D eigenvalue weighted by Gasteiger charge is 2.45. The number of carbonyl (C=O) groups is 3. The maximum Gasteiger partial charge on any atom is 0.263 e. The van der Waals surface area contributed by atoms with Crippen molar-refractivity contribution in [2.45, 2.75) is 118 Å². The zero-order valence-electron chi connectivity index (χ0n) is 53.4. The minimum Gasteiger partial charge on any atom is -0.506 e. The lowest BCUT2D eigenvalue weighted by molar-refractivity contribution is -0.665. The van der Waals surface area contributed by atoms with E-state index in [1.165, 1.54) is 0 Å². The lowest BCUT2D eigenvalue weighted by Gasteiger charge is -2.40. The summed E-state index contributed by atoms with van der Waals surface area (Å²) in [5, 5.41) is 56.4. The van der Waals surface area contributed by atoms with Crippen molar-refractivity contribution in [2.24, 2.45) is 33.7 Å². The van der Waals surface area contributed by atoms with Crippen molar-refractivity contribution in [2.75, 3.05) is 22.1 Å². The number of aliphatic hydroxyl groups excluding tert-OH is 3. The van der Waals surface area contributed by atoms with Crippen LogP contribution < -0.4 is 41.3 Å². The summed E-state index contributed by atoms with van der Waals surface area (Å²) in [5.74, 6) is -0.558. The lowest BCUT2D eigenvalue weighted by atomic mass is 9.78. The number of benzene rings is 8. The first kappa shape index (κ1) is 59.2. The number of nitrogens with zero attached hydrogens (tertiary/aromatic N) is 4. The van der Waals surface area contributed by atoms with Gasteiger partial charge in [-0.05, 0) is 108 Å². The first-order chi connectivity index (χ1) is 44.2. The molecule has 9 aromatic rings. The molecule has 8 aromatic carbocycles. The van der Waals surface area contributed by atoms with Crippen LogP contribution in [0.3, 0.4) is 0 Å². The smallest absolute Gasteiger partial charge is 0.263 e. The molecule has 0 atom stereocenters. The van der Waals surface area contributed by atoms with Gasteiger partial charge in [-0.1, -0.05) is 182 Å². The van der Waals surface area contributed by atoms with Gasteiger partial charge >= 0.3 is 0 Å². The summed E-state index contributed by atoms with van der Waals surface area (Å²) in [7, 11) is 0. The first-order valence-corrected chi connectivity index (χ1v) is 34.0. The van der Waals surface area contributed by atoms with Crippen molar-refractivity contribution in [3.05, 3.63) is 198 Å². The van der Waals surface area contributed by atoms with Gasteiger partial charge < -0.3 is 30.9 Å². The van der Waals surface area contributed by atoms with Crippen LogP contribution in [0.1, 0.15) is 111 Å². The number of ketones is 3. The Bertz CT molecular complexity index is 5290. The van der Waals surface area contributed by atoms with Crippen molar-refractivity contribution in [3.8, 4) is 0 Å². The van der Waals surface area contributed by atoms with E-state index in [0.717, 1.165) is 63.2 Å². The number of thiazole rings is 1. The fourth-order valence-corrected chi connectivity index (χ4v) is 18.2. The van der Waals surface area contributed by atoms with Crippen LogP contribution in [0.25, 0.3) is 81.7 Å². The van der Waals surface area contributed by atoms with E-state index in [1.54, 1.807) is 23.1 Å². The fraction of sp³-hybridized carbons (Fsp3) is 0.282. The van der Waals surface area contributed by atoms with Crippen molar-refractivity contribution in [1.29, 1.82) is 0 Å². The summed E-state index contributed by atoms with van der Waals surface area (Å²) < 4.78 is 3.30. The normalized spacial score (nSPS) is 19.4. The van der Waals surface area contributed by atoms with E-state index in [-0.39, 0.29) is 91.7 Å². The van der Waals surface area contributed by atoms with Gasteiger partial charge in [0.1, 0.15) is 39.8 Å². The number of fused-ring (bicyclic) bond motifs is 6. The number of Topliss-reactive ketones (excluding diaryl/α,β-unsaturated/α-hetero) is 3. The second kappa shape index (κ2) is 21.8. The number of aromatic nitrogens is 1. The Labute approximate surface area is 541 Å². The van der Waals surface area contributed by atoms with Crippen LogP contribution >= 0.6 is 23.1 Å². The van der Waals surface area contributed by atoms with Crippen molar-refractivity contribution in [1.82, 2.24) is 0 Å². The van der Waals surface area contributed by atoms with Crippen LogP contribution in [0.2, 0.25) is 0 Å². The molecule has 15 rings (SSSR count). The van der Waals surface area contributed by atoms with Crippen molar-refractivity contribution in [3.63, 3.8) is 0 Å². The monoisotopic (exact) mass is 1250 g/mol. The molecule has 3 aliphatic heterocycles. The predicted octanol–water partition coefficient (Wildman–Crippen LogP) is 15.1. The Morgan fingerprint density at radius 1 is 0.543 bits per heavy atom. The van der Waals surface area contributed by atoms with Crippen LogP contribution in [-0.2, 0) is 20.9 Å². The zero-order valence-corrected chi connectivity index (χ0v) is 55.1. The van der Waals surface area contributed by atoms with Crippen LogP contribution in [0.15, 0.2) is 176 Å². The summed E-state index contributed by atoms with van der Waals surface area (Å²) >= 11 is 3.21. The number of hydrogen-bond acceptors (Lipinski definition) is 13. The molecule has 3 aliphatic carbocycles. The standard InChI is InChI=1S/C78H72N6O6S2/c1-11-83-55-31-25-43-17-13-15-19-47(43)75(55)91-57(83)33-53-69(85)61(70(53)86)49-27-21-45-23-29-51(67-59(45)65(49)79-77(81-67,35-39(3)4)36-40(5)6)63-73(89)64(74(63)90)52-30-24-46-22-28-50(66-60(46)68(52)82-78(80-66,37-41(7)8)38-42(9)10)62-71(87)54(72(62)88)34-58-84(12-2)56-32-26-44-18-14-16-20-48(44)76(56)92-58/h13-34,39-42H,11-12,35-38H2,1-10H3,(H4,79,80,81,82,85,86,87,88,89,90)/p+1/b57-33-. The van der Waals surface area contributed by atoms with E-state index in [9.17, 15) is 24.9 Å². The third-order valence-electron chi connectivity index (χ3n) is 19.0. The third-order valence-corrected chi connectivity index (χ3v) is 21.4. The highest BCUT2D eigenvalue weighted by molar-refractivity contribution is 8.04. The Morgan fingerprint density at radius 2 is 1.04 bits per heavy atom. The zero-order chi connectivity index (χ0) is 64.1. The van der Waals surface area contributed by atoms with Crippen LogP contribution in [0.5, 0.6) is 0 Å². The molecular formula is C78H73N6O6S2+. The number of aryl methyl sites for hydroxylation is 1. The molecule has 12 nitrogen and oxygen atoms in total. The molecule has 0 saturated carbocycles. The average molecular weight is 1250 g/mol. The highest BCUT2D eigenvalue weighted by atomic mass is 32.2. The highest BCUT2D eigenvalue weighted by Crippen LogP contribution is 2.52. The minimum atomic E-state index is -0.898. The Kier molecular flexibility index (Phi) is 14.0. The van der Waals surface area contributed by atoms with Crippen molar-refractivity contribution >= 4 is 139 Å². The van der Waals surface area contributed by atoms with Crippen LogP contribution in [0, 0.1) is 23.7 Å². The fourth-order valence-electron chi connectivity index (χ4n) is 15.6. The molecule has 6 aliphatic rings. The number of aliphatic hydroxyl groups is 3. The van der Waals surface area contributed by atoms with Gasteiger partial charge in [0.15, 0.2) is 0 Å². The molecule has 1 aromatic heterocycles. The van der Waals surface area contributed by atoms with E-state index in [0.29, 0.717) is 93.2 Å². The van der Waals surface area contributed by atoms with Gasteiger partial charge in [-0.2, -0.15) is 4.57 Å². The number of thioether (sulfide) groups is 1. The maximum absolute atomic E-state index is 15.6. The molecule has 14 heteroatoms. The Morgan fingerprint density at radius 3 is 1.57 bits per heavy atom. The number of rotatable bonds is 14. The summed E-state index contributed by atoms with van der Waals surface area (Å²) in [4.78, 5) is 59.8. The average Bonchev–Trinajstić information content (AvgIpc) is 0.891. The van der Waals surface area contributed by atoms with E-state index >= 15 is 4.79 Å². The molecule has 0 radical (unpaired) electrons. The van der Waals surface area contributed by atoms with Crippen LogP contribution in [-0.4, -0.2) is 50.5 Å². The number of allylic oxidation sites excluding steroid dienone is 7. The van der Waals surface area contributed by atoms with Gasteiger partial charge in [-0.15, -0.1) is 0 Å². The molecular weight excluding hydrogens is 1180 g/mol. The minimum absolute atomic E-state index is 0.0809. The van der Waals surface area contributed by atoms with Gasteiger partial charge in [-0.25, -0.2) is 0 Å². The van der Waals surface area contributed by atoms with Gasteiger partial charge in [0.25, 0.3) is 5.01 Å². The molecule has 0 fully saturated rings. The molecule has 92 heavy (non-hydrogen) atoms. The lowest BCUT2D eigenvalue weighted by Crippen LogP contribution is -2.48. The van der Waals surface area contributed by atoms with E-state index in [2.05, 4.69) is 138 Å². The quantitative estimate of drug-likeness (QED) is 0.0522. The molecule has 0 spiro atoms. The number of carbonyl (C=O) groups excluding carboxylic acids is 3. The molecule has 0 amide bonds. The predicted molar refractivity (Wildman–Crippen MR) is 375 cm³/mol. The van der Waals surface area contributed by atoms with Gasteiger partial charge in [0.05, 0.1) is 66.2 Å². The Hall–Kier alpha value is -9.11. The second-order valence-corrected chi connectivity index (χ2v) is 29.4. The third kappa shape index (κ3) is 9.05. The summed E-state index contributed by atoms with van der Waals surface area (Å²) in [5.41, 5.74) is 3.82. The van der Waals surface area contributed by atoms with Gasteiger partial charge in [0, 0.05) is 61.3 Å². The molecule has 5 N–H and O–H groups in total. The first-order valence-electron chi connectivity index (χ1n) is 32.4. The maximum atomic E-state index is 15.6. The molecule has 462 valence electrons. The number of nitrogens with one attached hydrogen (secondary N) is 2. The van der Waals surface area contributed by atoms with E-state index in [1.807, 2.05) is 84.9 Å². The summed E-state index contributed by atoms with van der Waals surface area (Å²) in [6, 6.07) is 40.3. The Balaban J connectivity index is 0.898. The molecule has 4 heterocycles. The number of hydrogen-bond donors (Lipinski definition) is 5. The SMILES string of the molecule is CCN1/C(=C/C2=C(O)C(=c3\ccc4ccc(C5=C(O)/C(=c6\ccc7ccc(C8=C(O)/C(=C/c9sc%10c%11ccccc%11ccc%10[n+]9CC)C8=O)c8c7c6=NC(CC(C)C)(CC(C)C)N8)C5=O)c5c4c3=NC(CC(C)C)(CC(C)C)N5)/C2=O)Sc2c1ccc1ccccc21. The number of anilines is 3. The molecule has 0 saturated heterocycles. The largest absolute Gasteiger partial charge is 0.506 e. The second-order valence-electron chi connectivity index (χ2n) is 27.3. The van der Waals surface area contributed by atoms with Gasteiger partial charge in [-0.3, -0.25) is 24.4 Å². The van der Waals surface area contributed by atoms with Crippen molar-refractivity contribution < 1.29 is 34.3 Å². The van der Waals surface area contributed by atoms with Gasteiger partial charge in [0.2, 0.25) is 22.9 Å². The van der Waals surface area contributed by atoms with Crippen LogP contribution in [0.4, 0.5) is 17.1 Å². The molecule has 0 bridgehead atoms. The van der Waals surface area contributed by atoms with E-state index < -0.39 is 11.3 Å². The summed E-state index contributed by atoms with van der Waals surface area (Å²) in [6.45, 7) is 22.8.